The van der Waals surface area contributed by atoms with Gasteiger partial charge in [0.1, 0.15) is 0 Å². The third-order valence-electron chi connectivity index (χ3n) is 3.61. The molecule has 3 heteroatoms. The average Bonchev–Trinajstić information content (AvgIpc) is 2.43. The largest absolute Gasteiger partial charge is 0.374 e. The first-order chi connectivity index (χ1) is 9.52. The highest BCUT2D eigenvalue weighted by atomic mass is 16.5. The van der Waals surface area contributed by atoms with Crippen LogP contribution in [0, 0.1) is 13.8 Å². The first-order valence-corrected chi connectivity index (χ1v) is 6.95. The first kappa shape index (κ1) is 14.5. The van der Waals surface area contributed by atoms with E-state index in [1.54, 1.807) is 0 Å². The van der Waals surface area contributed by atoms with Crippen LogP contribution in [-0.2, 0) is 4.74 Å². The molecule has 0 saturated carbocycles. The van der Waals surface area contributed by atoms with Crippen molar-refractivity contribution >= 4 is 0 Å². The van der Waals surface area contributed by atoms with Crippen molar-refractivity contribution in [2.24, 2.45) is 0 Å². The molecule has 0 aliphatic carbocycles. The maximum Gasteiger partial charge on any atom is 0.256 e. The Morgan fingerprint density at radius 3 is 2.45 bits per heavy atom. The summed E-state index contributed by atoms with van der Waals surface area (Å²) in [7, 11) is 0. The van der Waals surface area contributed by atoms with Crippen molar-refractivity contribution in [3.8, 4) is 11.1 Å². The number of aryl methyl sites for hydroxylation is 2. The summed E-state index contributed by atoms with van der Waals surface area (Å²) in [6.45, 7) is 8.62. The fourth-order valence-electron chi connectivity index (χ4n) is 2.22. The van der Waals surface area contributed by atoms with Gasteiger partial charge in [0, 0.05) is 17.9 Å². The molecule has 0 saturated heterocycles. The normalized spacial score (nSPS) is 12.4. The van der Waals surface area contributed by atoms with Gasteiger partial charge < -0.3 is 9.72 Å². The Kier molecular flexibility index (Phi) is 4.40. The fourth-order valence-corrected chi connectivity index (χ4v) is 2.22. The van der Waals surface area contributed by atoms with Gasteiger partial charge in [0.15, 0.2) is 0 Å². The highest BCUT2D eigenvalue weighted by molar-refractivity contribution is 5.63. The number of aromatic nitrogens is 1. The topological polar surface area (TPSA) is 42.1 Å². The van der Waals surface area contributed by atoms with Crippen molar-refractivity contribution in [1.82, 2.24) is 4.98 Å². The van der Waals surface area contributed by atoms with Crippen LogP contribution in [0.3, 0.4) is 0 Å². The average molecular weight is 271 g/mol. The minimum absolute atomic E-state index is 0.0429. The van der Waals surface area contributed by atoms with Gasteiger partial charge in [-0.2, -0.15) is 0 Å². The molecular formula is C17H21NO2. The number of H-pyrrole nitrogens is 1. The number of hydrogen-bond acceptors (Lipinski definition) is 2. The van der Waals surface area contributed by atoms with E-state index in [-0.39, 0.29) is 11.7 Å². The van der Waals surface area contributed by atoms with Crippen LogP contribution in [0.4, 0.5) is 0 Å². The summed E-state index contributed by atoms with van der Waals surface area (Å²) in [6.07, 6.45) is 0.0760. The van der Waals surface area contributed by atoms with Crippen LogP contribution in [0.15, 0.2) is 35.1 Å². The third kappa shape index (κ3) is 2.99. The minimum Gasteiger partial charge on any atom is -0.374 e. The molecule has 106 valence electrons. The van der Waals surface area contributed by atoms with E-state index in [0.717, 1.165) is 22.4 Å². The maximum atomic E-state index is 12.0. The van der Waals surface area contributed by atoms with E-state index in [0.29, 0.717) is 12.2 Å². The van der Waals surface area contributed by atoms with Crippen LogP contribution in [0.1, 0.15) is 36.8 Å². The summed E-state index contributed by atoms with van der Waals surface area (Å²) in [5.41, 5.74) is 4.73. The van der Waals surface area contributed by atoms with E-state index < -0.39 is 0 Å². The standard InChI is InChI=1S/C17H21NO2/c1-5-20-13(4)14-6-8-15(9-7-14)16-10-11(2)12(3)18-17(16)19/h6-10,13H,5H2,1-4H3,(H,18,19). The summed E-state index contributed by atoms with van der Waals surface area (Å²) in [6, 6.07) is 9.93. The number of hydrogen-bond donors (Lipinski definition) is 1. The van der Waals surface area contributed by atoms with Crippen molar-refractivity contribution < 1.29 is 4.74 Å². The lowest BCUT2D eigenvalue weighted by Crippen LogP contribution is -2.11. The Hall–Kier alpha value is -1.87. The van der Waals surface area contributed by atoms with Crippen LogP contribution in [0.25, 0.3) is 11.1 Å². The Labute approximate surface area is 119 Å². The van der Waals surface area contributed by atoms with Crippen LogP contribution < -0.4 is 5.56 Å². The quantitative estimate of drug-likeness (QED) is 0.920. The SMILES string of the molecule is CCOC(C)c1ccc(-c2cc(C)c(C)[nH]c2=O)cc1. The van der Waals surface area contributed by atoms with E-state index >= 15 is 0 Å². The number of ether oxygens (including phenoxy) is 1. The lowest BCUT2D eigenvalue weighted by atomic mass is 10.0. The molecule has 1 aromatic heterocycles. The zero-order valence-corrected chi connectivity index (χ0v) is 12.5. The van der Waals surface area contributed by atoms with Crippen LogP contribution in [0.2, 0.25) is 0 Å². The van der Waals surface area contributed by atoms with Gasteiger partial charge in [-0.05, 0) is 50.5 Å². The van der Waals surface area contributed by atoms with Crippen LogP contribution in [0.5, 0.6) is 0 Å². The molecule has 1 atom stereocenters. The van der Waals surface area contributed by atoms with Gasteiger partial charge in [-0.1, -0.05) is 24.3 Å². The molecule has 0 aliphatic rings. The molecule has 20 heavy (non-hydrogen) atoms. The molecule has 0 amide bonds. The van der Waals surface area contributed by atoms with Crippen molar-refractivity contribution in [3.05, 3.63) is 57.5 Å². The highest BCUT2D eigenvalue weighted by Crippen LogP contribution is 2.22. The lowest BCUT2D eigenvalue weighted by Gasteiger charge is -2.12. The summed E-state index contributed by atoms with van der Waals surface area (Å²) < 4.78 is 5.56. The molecule has 0 radical (unpaired) electrons. The van der Waals surface area contributed by atoms with Crippen molar-refractivity contribution in [1.29, 1.82) is 0 Å². The predicted octanol–water partition coefficient (Wildman–Crippen LogP) is 3.76. The Balaban J connectivity index is 2.35. The third-order valence-corrected chi connectivity index (χ3v) is 3.61. The van der Waals surface area contributed by atoms with Gasteiger partial charge in [-0.3, -0.25) is 4.79 Å². The van der Waals surface area contributed by atoms with Crippen molar-refractivity contribution in [3.63, 3.8) is 0 Å². The molecule has 0 fully saturated rings. The number of rotatable bonds is 4. The van der Waals surface area contributed by atoms with Gasteiger partial charge in [0.2, 0.25) is 0 Å². The van der Waals surface area contributed by atoms with Crippen LogP contribution >= 0.6 is 0 Å². The zero-order chi connectivity index (χ0) is 14.7. The van der Waals surface area contributed by atoms with Crippen LogP contribution in [-0.4, -0.2) is 11.6 Å². The molecule has 3 nitrogen and oxygen atoms in total. The minimum atomic E-state index is -0.0429. The molecular weight excluding hydrogens is 250 g/mol. The monoisotopic (exact) mass is 271 g/mol. The van der Waals surface area contributed by atoms with E-state index in [9.17, 15) is 4.79 Å². The molecule has 1 aromatic carbocycles. The molecule has 2 aromatic rings. The van der Waals surface area contributed by atoms with Crippen molar-refractivity contribution in [2.75, 3.05) is 6.61 Å². The second-order valence-electron chi connectivity index (χ2n) is 5.04. The van der Waals surface area contributed by atoms with Gasteiger partial charge in [0.25, 0.3) is 5.56 Å². The second-order valence-corrected chi connectivity index (χ2v) is 5.04. The van der Waals surface area contributed by atoms with Gasteiger partial charge in [-0.15, -0.1) is 0 Å². The first-order valence-electron chi connectivity index (χ1n) is 6.95. The predicted molar refractivity (Wildman–Crippen MR) is 82.0 cm³/mol. The molecule has 1 heterocycles. The Bertz CT molecular complexity index is 641. The summed E-state index contributed by atoms with van der Waals surface area (Å²) >= 11 is 0. The highest BCUT2D eigenvalue weighted by Gasteiger charge is 2.08. The molecule has 0 aliphatic heterocycles. The molecule has 0 spiro atoms. The number of aromatic amines is 1. The molecule has 1 N–H and O–H groups in total. The Morgan fingerprint density at radius 1 is 1.20 bits per heavy atom. The fraction of sp³-hybridized carbons (Fsp3) is 0.353. The van der Waals surface area contributed by atoms with E-state index in [1.807, 2.05) is 58.0 Å². The maximum absolute atomic E-state index is 12.0. The molecule has 2 rings (SSSR count). The number of nitrogens with one attached hydrogen (secondary N) is 1. The summed E-state index contributed by atoms with van der Waals surface area (Å²) in [4.78, 5) is 14.9. The van der Waals surface area contributed by atoms with E-state index in [1.165, 1.54) is 0 Å². The van der Waals surface area contributed by atoms with Gasteiger partial charge >= 0.3 is 0 Å². The molecule has 0 bridgehead atoms. The van der Waals surface area contributed by atoms with Gasteiger partial charge in [-0.25, -0.2) is 0 Å². The number of benzene rings is 1. The zero-order valence-electron chi connectivity index (χ0n) is 12.5. The second kappa shape index (κ2) is 6.06. The van der Waals surface area contributed by atoms with Crippen molar-refractivity contribution in [2.45, 2.75) is 33.8 Å². The van der Waals surface area contributed by atoms with Gasteiger partial charge in [0.05, 0.1) is 6.10 Å². The lowest BCUT2D eigenvalue weighted by molar-refractivity contribution is 0.0764. The summed E-state index contributed by atoms with van der Waals surface area (Å²) in [5.74, 6) is 0. The van der Waals surface area contributed by atoms with E-state index in [2.05, 4.69) is 4.98 Å². The molecule has 1 unspecified atom stereocenters. The summed E-state index contributed by atoms with van der Waals surface area (Å²) in [5, 5.41) is 0. The smallest absolute Gasteiger partial charge is 0.256 e. The number of pyridine rings is 1. The van der Waals surface area contributed by atoms with E-state index in [4.69, 9.17) is 4.74 Å². The Morgan fingerprint density at radius 2 is 1.85 bits per heavy atom.